The lowest BCUT2D eigenvalue weighted by atomic mass is 10.2. The molecule has 0 aliphatic carbocycles. The Hall–Kier alpha value is -4.04. The summed E-state index contributed by atoms with van der Waals surface area (Å²) in [4.78, 5) is 29.9. The predicted molar refractivity (Wildman–Crippen MR) is 140 cm³/mol. The molecule has 3 aromatic carbocycles. The van der Waals surface area contributed by atoms with E-state index < -0.39 is 0 Å². The van der Waals surface area contributed by atoms with Crippen LogP contribution in [0.15, 0.2) is 90.3 Å². The fourth-order valence-corrected chi connectivity index (χ4v) is 4.37. The molecule has 0 saturated heterocycles. The standard InChI is InChI=1S/C27H26N4O3S/c1-18-8-4-6-10-23(18)31-17-16-28-27(31)35-19(2)25(32)29-21-14-12-20(13-15-21)26(33)30-22-9-5-7-11-24(22)34-3/h4-17,19H,1-3H3,(H,29,32)(H,30,33). The first-order valence-corrected chi connectivity index (χ1v) is 12.0. The molecule has 0 aliphatic rings. The number of carbonyl (C=O) groups is 2. The first-order chi connectivity index (χ1) is 17.0. The fraction of sp³-hybridized carbons (Fsp3) is 0.148. The average Bonchev–Trinajstić information content (AvgIpc) is 3.32. The van der Waals surface area contributed by atoms with Gasteiger partial charge in [-0.2, -0.15) is 0 Å². The Labute approximate surface area is 208 Å². The Kier molecular flexibility index (Phi) is 7.52. The molecule has 0 saturated carbocycles. The number of hydrogen-bond donors (Lipinski definition) is 2. The molecule has 2 N–H and O–H groups in total. The second kappa shape index (κ2) is 10.9. The maximum absolute atomic E-state index is 12.8. The van der Waals surface area contributed by atoms with Gasteiger partial charge in [0.25, 0.3) is 5.91 Å². The summed E-state index contributed by atoms with van der Waals surface area (Å²) in [6.07, 6.45) is 3.62. The average molecular weight is 487 g/mol. The van der Waals surface area contributed by atoms with E-state index >= 15 is 0 Å². The summed E-state index contributed by atoms with van der Waals surface area (Å²) in [7, 11) is 1.55. The molecule has 4 rings (SSSR count). The first-order valence-electron chi connectivity index (χ1n) is 11.1. The van der Waals surface area contributed by atoms with Crippen LogP contribution in [0, 0.1) is 6.92 Å². The number of anilines is 2. The first kappa shape index (κ1) is 24.1. The summed E-state index contributed by atoms with van der Waals surface area (Å²) in [5.41, 5.74) is 3.82. The highest BCUT2D eigenvalue weighted by atomic mass is 32.2. The second-order valence-corrected chi connectivity index (χ2v) is 9.16. The molecular weight excluding hydrogens is 460 g/mol. The van der Waals surface area contributed by atoms with Crippen LogP contribution in [0.3, 0.4) is 0 Å². The van der Waals surface area contributed by atoms with E-state index in [9.17, 15) is 9.59 Å². The van der Waals surface area contributed by atoms with E-state index in [0.717, 1.165) is 16.4 Å². The zero-order chi connectivity index (χ0) is 24.8. The van der Waals surface area contributed by atoms with Gasteiger partial charge in [0.15, 0.2) is 5.16 Å². The Morgan fingerprint density at radius 1 is 0.971 bits per heavy atom. The summed E-state index contributed by atoms with van der Waals surface area (Å²) < 4.78 is 7.26. The lowest BCUT2D eigenvalue weighted by Crippen LogP contribution is -2.23. The quantitative estimate of drug-likeness (QED) is 0.319. The van der Waals surface area contributed by atoms with E-state index in [1.54, 1.807) is 49.7 Å². The second-order valence-electron chi connectivity index (χ2n) is 7.85. The van der Waals surface area contributed by atoms with Crippen molar-refractivity contribution >= 4 is 35.0 Å². The molecule has 8 heteroatoms. The molecule has 1 unspecified atom stereocenters. The monoisotopic (exact) mass is 486 g/mol. The molecule has 0 spiro atoms. The van der Waals surface area contributed by atoms with Crippen molar-refractivity contribution in [2.45, 2.75) is 24.3 Å². The van der Waals surface area contributed by atoms with Gasteiger partial charge in [-0.05, 0) is 61.9 Å². The number of nitrogens with zero attached hydrogens (tertiary/aromatic N) is 2. The molecule has 178 valence electrons. The number of para-hydroxylation sites is 3. The van der Waals surface area contributed by atoms with E-state index in [2.05, 4.69) is 15.6 Å². The maximum Gasteiger partial charge on any atom is 0.255 e. The van der Waals surface area contributed by atoms with Crippen LogP contribution in [0.25, 0.3) is 5.69 Å². The summed E-state index contributed by atoms with van der Waals surface area (Å²) >= 11 is 1.38. The normalized spacial score (nSPS) is 11.5. The fourth-order valence-electron chi connectivity index (χ4n) is 3.50. The molecule has 4 aromatic rings. The summed E-state index contributed by atoms with van der Waals surface area (Å²) in [6, 6.07) is 22.0. The highest BCUT2D eigenvalue weighted by Gasteiger charge is 2.19. The predicted octanol–water partition coefficient (Wildman–Crippen LogP) is 5.56. The molecule has 1 heterocycles. The third kappa shape index (κ3) is 5.73. The molecule has 1 atom stereocenters. The van der Waals surface area contributed by atoms with Crippen LogP contribution in [-0.4, -0.2) is 33.7 Å². The van der Waals surface area contributed by atoms with Crippen LogP contribution >= 0.6 is 11.8 Å². The Bertz CT molecular complexity index is 1330. The van der Waals surface area contributed by atoms with E-state index in [1.165, 1.54) is 11.8 Å². The largest absolute Gasteiger partial charge is 0.495 e. The number of rotatable bonds is 8. The summed E-state index contributed by atoms with van der Waals surface area (Å²) in [5.74, 6) is 0.166. The number of nitrogens with one attached hydrogen (secondary N) is 2. The molecule has 0 fully saturated rings. The van der Waals surface area contributed by atoms with Crippen molar-refractivity contribution < 1.29 is 14.3 Å². The third-order valence-corrected chi connectivity index (χ3v) is 6.48. The zero-order valence-corrected chi connectivity index (χ0v) is 20.5. The SMILES string of the molecule is COc1ccccc1NC(=O)c1ccc(NC(=O)C(C)Sc2nccn2-c2ccccc2C)cc1. The molecule has 1 aromatic heterocycles. The highest BCUT2D eigenvalue weighted by molar-refractivity contribution is 8.00. The minimum atomic E-state index is -0.381. The van der Waals surface area contributed by atoms with Crippen molar-refractivity contribution in [2.75, 3.05) is 17.7 Å². The van der Waals surface area contributed by atoms with E-state index in [-0.39, 0.29) is 17.1 Å². The number of hydrogen-bond acceptors (Lipinski definition) is 5. The molecule has 7 nitrogen and oxygen atoms in total. The van der Waals surface area contributed by atoms with Crippen molar-refractivity contribution in [3.8, 4) is 11.4 Å². The van der Waals surface area contributed by atoms with Gasteiger partial charge < -0.3 is 15.4 Å². The van der Waals surface area contributed by atoms with Gasteiger partial charge in [-0.25, -0.2) is 4.98 Å². The van der Waals surface area contributed by atoms with Crippen LogP contribution in [0.4, 0.5) is 11.4 Å². The van der Waals surface area contributed by atoms with E-state index in [0.29, 0.717) is 22.7 Å². The third-order valence-electron chi connectivity index (χ3n) is 5.40. The number of carbonyl (C=O) groups excluding carboxylic acids is 2. The number of aromatic nitrogens is 2. The topological polar surface area (TPSA) is 85.2 Å². The molecule has 0 bridgehead atoms. The number of amides is 2. The smallest absolute Gasteiger partial charge is 0.255 e. The molecule has 35 heavy (non-hydrogen) atoms. The van der Waals surface area contributed by atoms with Crippen molar-refractivity contribution in [1.29, 1.82) is 0 Å². The molecule has 0 radical (unpaired) electrons. The Balaban J connectivity index is 1.38. The van der Waals surface area contributed by atoms with Crippen molar-refractivity contribution in [1.82, 2.24) is 9.55 Å². The van der Waals surface area contributed by atoms with Gasteiger partial charge in [-0.1, -0.05) is 42.1 Å². The lowest BCUT2D eigenvalue weighted by molar-refractivity contribution is -0.115. The summed E-state index contributed by atoms with van der Waals surface area (Å²) in [6.45, 7) is 3.88. The van der Waals surface area contributed by atoms with Crippen molar-refractivity contribution in [3.63, 3.8) is 0 Å². The number of benzene rings is 3. The number of imidazole rings is 1. The van der Waals surface area contributed by atoms with E-state index in [1.807, 2.05) is 61.0 Å². The van der Waals surface area contributed by atoms with Gasteiger partial charge in [-0.3, -0.25) is 14.2 Å². The minimum absolute atomic E-state index is 0.152. The van der Waals surface area contributed by atoms with Gasteiger partial charge in [0, 0.05) is 23.6 Å². The van der Waals surface area contributed by atoms with Crippen LogP contribution in [0.5, 0.6) is 5.75 Å². The number of aryl methyl sites for hydroxylation is 1. The van der Waals surface area contributed by atoms with Gasteiger partial charge >= 0.3 is 0 Å². The number of thioether (sulfide) groups is 1. The van der Waals surface area contributed by atoms with Crippen molar-refractivity contribution in [3.05, 3.63) is 96.3 Å². The van der Waals surface area contributed by atoms with Crippen molar-refractivity contribution in [2.24, 2.45) is 0 Å². The molecule has 2 amide bonds. The van der Waals surface area contributed by atoms with Gasteiger partial charge in [0.05, 0.1) is 23.7 Å². The maximum atomic E-state index is 12.8. The zero-order valence-electron chi connectivity index (χ0n) is 19.7. The molecular formula is C27H26N4O3S. The number of methoxy groups -OCH3 is 1. The highest BCUT2D eigenvalue weighted by Crippen LogP contribution is 2.27. The van der Waals surface area contributed by atoms with Gasteiger partial charge in [0.1, 0.15) is 5.75 Å². The van der Waals surface area contributed by atoms with Crippen LogP contribution in [0.2, 0.25) is 0 Å². The van der Waals surface area contributed by atoms with Crippen LogP contribution < -0.4 is 15.4 Å². The minimum Gasteiger partial charge on any atom is -0.495 e. The molecule has 0 aliphatic heterocycles. The van der Waals surface area contributed by atoms with Crippen LogP contribution in [0.1, 0.15) is 22.8 Å². The van der Waals surface area contributed by atoms with Gasteiger partial charge in [0.2, 0.25) is 5.91 Å². The van der Waals surface area contributed by atoms with Gasteiger partial charge in [-0.15, -0.1) is 0 Å². The Morgan fingerprint density at radius 3 is 2.43 bits per heavy atom. The number of ether oxygens (including phenoxy) is 1. The lowest BCUT2D eigenvalue weighted by Gasteiger charge is -2.14. The van der Waals surface area contributed by atoms with E-state index in [4.69, 9.17) is 4.74 Å². The summed E-state index contributed by atoms with van der Waals surface area (Å²) in [5, 5.41) is 6.11. The van der Waals surface area contributed by atoms with Crippen LogP contribution in [-0.2, 0) is 4.79 Å². The Morgan fingerprint density at radius 2 is 1.69 bits per heavy atom.